The molecule has 1 aromatic carbocycles. The third-order valence-electron chi connectivity index (χ3n) is 3.42. The van der Waals surface area contributed by atoms with Gasteiger partial charge in [0.1, 0.15) is 0 Å². The van der Waals surface area contributed by atoms with Crippen molar-refractivity contribution in [3.63, 3.8) is 0 Å². The van der Waals surface area contributed by atoms with E-state index in [9.17, 15) is 4.79 Å². The number of hydrogen-bond donors (Lipinski definition) is 2. The van der Waals surface area contributed by atoms with E-state index in [0.717, 1.165) is 16.7 Å². The summed E-state index contributed by atoms with van der Waals surface area (Å²) in [6.45, 7) is 1.92. The largest absolute Gasteiger partial charge is 0.382 e. The predicted molar refractivity (Wildman–Crippen MR) is 88.8 cm³/mol. The first-order valence-electron chi connectivity index (χ1n) is 7.04. The zero-order valence-corrected chi connectivity index (χ0v) is 12.5. The minimum Gasteiger partial charge on any atom is -0.382 e. The predicted octanol–water partition coefficient (Wildman–Crippen LogP) is 2.68. The first-order chi connectivity index (χ1) is 11.1. The lowest BCUT2D eigenvalue weighted by atomic mass is 10.0. The van der Waals surface area contributed by atoms with Crippen LogP contribution in [0, 0.1) is 6.92 Å². The highest BCUT2D eigenvalue weighted by Gasteiger charge is 2.13. The third-order valence-corrected chi connectivity index (χ3v) is 3.42. The molecule has 6 heteroatoms. The molecule has 0 aliphatic carbocycles. The summed E-state index contributed by atoms with van der Waals surface area (Å²) in [6.07, 6.45) is 6.37. The summed E-state index contributed by atoms with van der Waals surface area (Å²) >= 11 is 0. The van der Waals surface area contributed by atoms with Crippen LogP contribution in [0.1, 0.15) is 16.1 Å². The van der Waals surface area contributed by atoms with Crippen molar-refractivity contribution in [1.29, 1.82) is 0 Å². The Balaban J connectivity index is 1.91. The number of carbonyl (C=O) groups is 1. The Morgan fingerprint density at radius 2 is 1.91 bits per heavy atom. The van der Waals surface area contributed by atoms with Crippen LogP contribution in [-0.2, 0) is 0 Å². The van der Waals surface area contributed by atoms with Crippen molar-refractivity contribution in [3.05, 3.63) is 66.4 Å². The number of nitrogens with zero attached hydrogens (tertiary/aromatic N) is 3. The Morgan fingerprint density at radius 1 is 1.09 bits per heavy atom. The fraction of sp³-hybridized carbons (Fsp3) is 0.0588. The molecule has 0 fully saturated rings. The van der Waals surface area contributed by atoms with Gasteiger partial charge in [0.25, 0.3) is 5.91 Å². The molecule has 0 saturated heterocycles. The fourth-order valence-corrected chi connectivity index (χ4v) is 2.17. The SMILES string of the molecule is Cc1ccc(-c2cccnc2)cc1NC(=O)c1nccnc1N. The third kappa shape index (κ3) is 3.16. The van der Waals surface area contributed by atoms with Crippen LogP contribution in [0.25, 0.3) is 11.1 Å². The highest BCUT2D eigenvalue weighted by atomic mass is 16.1. The second kappa shape index (κ2) is 6.23. The van der Waals surface area contributed by atoms with Gasteiger partial charge in [0.2, 0.25) is 0 Å². The number of anilines is 2. The molecule has 0 aliphatic heterocycles. The maximum absolute atomic E-state index is 12.3. The standard InChI is InChI=1S/C17H15N5O/c1-11-4-5-12(13-3-2-6-19-10-13)9-14(11)22-17(23)15-16(18)21-8-7-20-15/h2-10H,1H3,(H2,18,21)(H,22,23). The number of aryl methyl sites for hydroxylation is 1. The first kappa shape index (κ1) is 14.6. The van der Waals surface area contributed by atoms with E-state index in [0.29, 0.717) is 5.69 Å². The summed E-state index contributed by atoms with van der Waals surface area (Å²) in [7, 11) is 0. The van der Waals surface area contributed by atoms with E-state index in [2.05, 4.69) is 20.3 Å². The number of aromatic nitrogens is 3. The molecule has 23 heavy (non-hydrogen) atoms. The second-order valence-corrected chi connectivity index (χ2v) is 5.02. The number of pyridine rings is 1. The van der Waals surface area contributed by atoms with E-state index < -0.39 is 0 Å². The Bertz CT molecular complexity index is 849. The van der Waals surface area contributed by atoms with Gasteiger partial charge in [-0.25, -0.2) is 9.97 Å². The summed E-state index contributed by atoms with van der Waals surface area (Å²) in [4.78, 5) is 24.3. The highest BCUT2D eigenvalue weighted by Crippen LogP contribution is 2.25. The van der Waals surface area contributed by atoms with Gasteiger partial charge in [0.15, 0.2) is 11.5 Å². The maximum atomic E-state index is 12.3. The first-order valence-corrected chi connectivity index (χ1v) is 7.04. The maximum Gasteiger partial charge on any atom is 0.278 e. The molecule has 3 aromatic rings. The van der Waals surface area contributed by atoms with Gasteiger partial charge in [0.05, 0.1) is 0 Å². The van der Waals surface area contributed by atoms with Gasteiger partial charge in [-0.05, 0) is 30.2 Å². The van der Waals surface area contributed by atoms with Crippen LogP contribution in [0.15, 0.2) is 55.1 Å². The zero-order chi connectivity index (χ0) is 16.2. The zero-order valence-electron chi connectivity index (χ0n) is 12.5. The van der Waals surface area contributed by atoms with Gasteiger partial charge in [-0.15, -0.1) is 0 Å². The number of carbonyl (C=O) groups excluding carboxylic acids is 1. The summed E-state index contributed by atoms with van der Waals surface area (Å²) in [5, 5.41) is 2.84. The average molecular weight is 305 g/mol. The summed E-state index contributed by atoms with van der Waals surface area (Å²) < 4.78 is 0. The van der Waals surface area contributed by atoms with Gasteiger partial charge in [-0.3, -0.25) is 9.78 Å². The van der Waals surface area contributed by atoms with E-state index in [4.69, 9.17) is 5.73 Å². The molecule has 0 radical (unpaired) electrons. The molecule has 114 valence electrons. The molecule has 3 rings (SSSR count). The van der Waals surface area contributed by atoms with Crippen LogP contribution >= 0.6 is 0 Å². The lowest BCUT2D eigenvalue weighted by Gasteiger charge is -2.11. The Kier molecular flexibility index (Phi) is 3.97. The molecule has 0 saturated carbocycles. The minimum atomic E-state index is -0.387. The number of nitrogen functional groups attached to an aromatic ring is 1. The van der Waals surface area contributed by atoms with Gasteiger partial charge in [0, 0.05) is 36.0 Å². The molecule has 0 spiro atoms. The monoisotopic (exact) mass is 305 g/mol. The molecule has 2 heterocycles. The summed E-state index contributed by atoms with van der Waals surface area (Å²) in [5.41, 5.74) is 9.37. The molecular weight excluding hydrogens is 290 g/mol. The number of amides is 1. The van der Waals surface area contributed by atoms with Crippen molar-refractivity contribution in [1.82, 2.24) is 15.0 Å². The van der Waals surface area contributed by atoms with E-state index in [-0.39, 0.29) is 17.4 Å². The van der Waals surface area contributed by atoms with E-state index >= 15 is 0 Å². The quantitative estimate of drug-likeness (QED) is 0.776. The molecular formula is C17H15N5O. The van der Waals surface area contributed by atoms with Gasteiger partial charge >= 0.3 is 0 Å². The van der Waals surface area contributed by atoms with Gasteiger partial charge < -0.3 is 11.1 Å². The number of nitrogens with one attached hydrogen (secondary N) is 1. The topological polar surface area (TPSA) is 93.8 Å². The van der Waals surface area contributed by atoms with E-state index in [1.54, 1.807) is 12.4 Å². The van der Waals surface area contributed by atoms with Crippen molar-refractivity contribution in [2.24, 2.45) is 0 Å². The minimum absolute atomic E-state index is 0.103. The van der Waals surface area contributed by atoms with Crippen LogP contribution in [0.5, 0.6) is 0 Å². The molecule has 0 atom stereocenters. The molecule has 6 nitrogen and oxygen atoms in total. The normalized spacial score (nSPS) is 10.3. The lowest BCUT2D eigenvalue weighted by Crippen LogP contribution is -2.17. The van der Waals surface area contributed by atoms with E-state index in [1.165, 1.54) is 12.4 Å². The average Bonchev–Trinajstić information content (AvgIpc) is 2.58. The van der Waals surface area contributed by atoms with Gasteiger partial charge in [-0.1, -0.05) is 18.2 Å². The van der Waals surface area contributed by atoms with Crippen molar-refractivity contribution in [2.45, 2.75) is 6.92 Å². The van der Waals surface area contributed by atoms with Crippen LogP contribution < -0.4 is 11.1 Å². The van der Waals surface area contributed by atoms with Crippen molar-refractivity contribution < 1.29 is 4.79 Å². The van der Waals surface area contributed by atoms with Crippen molar-refractivity contribution in [2.75, 3.05) is 11.1 Å². The number of nitrogens with two attached hydrogens (primary N) is 1. The Morgan fingerprint density at radius 3 is 2.65 bits per heavy atom. The van der Waals surface area contributed by atoms with E-state index in [1.807, 2.05) is 37.3 Å². The number of rotatable bonds is 3. The Labute approximate surface area is 133 Å². The van der Waals surface area contributed by atoms with Crippen molar-refractivity contribution >= 4 is 17.4 Å². The fourth-order valence-electron chi connectivity index (χ4n) is 2.17. The number of hydrogen-bond acceptors (Lipinski definition) is 5. The lowest BCUT2D eigenvalue weighted by molar-refractivity contribution is 0.102. The molecule has 2 aromatic heterocycles. The van der Waals surface area contributed by atoms with Crippen LogP contribution in [0.3, 0.4) is 0 Å². The smallest absolute Gasteiger partial charge is 0.278 e. The second-order valence-electron chi connectivity index (χ2n) is 5.02. The molecule has 3 N–H and O–H groups in total. The molecule has 1 amide bonds. The number of benzene rings is 1. The molecule has 0 bridgehead atoms. The van der Waals surface area contributed by atoms with Crippen LogP contribution in [0.4, 0.5) is 11.5 Å². The van der Waals surface area contributed by atoms with Gasteiger partial charge in [-0.2, -0.15) is 0 Å². The van der Waals surface area contributed by atoms with Crippen molar-refractivity contribution in [3.8, 4) is 11.1 Å². The Hall–Kier alpha value is -3.28. The summed E-state index contributed by atoms with van der Waals surface area (Å²) in [6, 6.07) is 9.66. The van der Waals surface area contributed by atoms with Crippen LogP contribution in [0.2, 0.25) is 0 Å². The molecule has 0 aliphatic rings. The summed E-state index contributed by atoms with van der Waals surface area (Å²) in [5.74, 6) is -0.284. The molecule has 0 unspecified atom stereocenters. The van der Waals surface area contributed by atoms with Crippen LogP contribution in [-0.4, -0.2) is 20.9 Å². The highest BCUT2D eigenvalue weighted by molar-refractivity contribution is 6.06.